The summed E-state index contributed by atoms with van der Waals surface area (Å²) < 4.78 is 7.68. The van der Waals surface area contributed by atoms with Gasteiger partial charge < -0.3 is 14.4 Å². The molecule has 4 heterocycles. The van der Waals surface area contributed by atoms with Gasteiger partial charge in [0.25, 0.3) is 5.89 Å². The Morgan fingerprint density at radius 3 is 3.17 bits per heavy atom. The van der Waals surface area contributed by atoms with Crippen molar-refractivity contribution >= 4 is 11.3 Å². The van der Waals surface area contributed by atoms with Crippen molar-refractivity contribution in [3.8, 4) is 11.6 Å². The molecule has 0 amide bonds. The zero-order chi connectivity index (χ0) is 15.6. The minimum atomic E-state index is 0.168. The first-order valence-electron chi connectivity index (χ1n) is 7.74. The summed E-state index contributed by atoms with van der Waals surface area (Å²) in [7, 11) is 2.10. The van der Waals surface area contributed by atoms with Gasteiger partial charge in [-0.1, -0.05) is 11.2 Å². The fraction of sp³-hybridized carbons (Fsp3) is 0.375. The maximum absolute atomic E-state index is 5.54. The van der Waals surface area contributed by atoms with Crippen LogP contribution in [0.5, 0.6) is 0 Å². The van der Waals surface area contributed by atoms with Crippen molar-refractivity contribution in [1.82, 2.24) is 24.9 Å². The van der Waals surface area contributed by atoms with Gasteiger partial charge in [0, 0.05) is 30.7 Å². The molecule has 1 aliphatic heterocycles. The topological polar surface area (TPSA) is 59.1 Å². The number of likely N-dealkylation sites (N-methyl/N-ethyl adjacent to an activating group) is 1. The van der Waals surface area contributed by atoms with Gasteiger partial charge in [0.1, 0.15) is 5.69 Å². The molecule has 6 nitrogen and oxygen atoms in total. The average molecular weight is 329 g/mol. The molecule has 0 aliphatic carbocycles. The van der Waals surface area contributed by atoms with Crippen LogP contribution in [0.15, 0.2) is 40.4 Å². The van der Waals surface area contributed by atoms with E-state index in [1.807, 2.05) is 18.3 Å². The first-order chi connectivity index (χ1) is 11.3. The van der Waals surface area contributed by atoms with Gasteiger partial charge in [-0.3, -0.25) is 4.90 Å². The molecule has 4 rings (SSSR count). The van der Waals surface area contributed by atoms with Crippen molar-refractivity contribution in [1.29, 1.82) is 0 Å². The van der Waals surface area contributed by atoms with Gasteiger partial charge in [-0.2, -0.15) is 4.98 Å². The number of nitrogens with zero attached hydrogens (tertiary/aromatic N) is 4. The van der Waals surface area contributed by atoms with Crippen LogP contribution >= 0.6 is 11.3 Å². The molecule has 0 spiro atoms. The molecular formula is C16H19N5OS. The second-order valence-electron chi connectivity index (χ2n) is 5.76. The van der Waals surface area contributed by atoms with Crippen LogP contribution in [0, 0.1) is 0 Å². The average Bonchev–Trinajstić information content (AvgIpc) is 3.28. The lowest BCUT2D eigenvalue weighted by molar-refractivity contribution is 0.190. The normalized spacial score (nSPS) is 19.3. The van der Waals surface area contributed by atoms with Gasteiger partial charge in [0.2, 0.25) is 0 Å². The van der Waals surface area contributed by atoms with E-state index in [9.17, 15) is 0 Å². The molecule has 7 heteroatoms. The molecular weight excluding hydrogens is 310 g/mol. The van der Waals surface area contributed by atoms with Crippen LogP contribution < -0.4 is 5.32 Å². The van der Waals surface area contributed by atoms with Crippen molar-refractivity contribution in [3.05, 3.63) is 46.5 Å². The summed E-state index contributed by atoms with van der Waals surface area (Å²) in [6, 6.07) is 8.41. The van der Waals surface area contributed by atoms with Crippen LogP contribution in [0.25, 0.3) is 11.6 Å². The highest BCUT2D eigenvalue weighted by Crippen LogP contribution is 2.24. The van der Waals surface area contributed by atoms with E-state index >= 15 is 0 Å². The molecule has 0 radical (unpaired) electrons. The van der Waals surface area contributed by atoms with Crippen molar-refractivity contribution < 1.29 is 4.52 Å². The summed E-state index contributed by atoms with van der Waals surface area (Å²) in [5, 5.41) is 9.68. The third kappa shape index (κ3) is 2.95. The van der Waals surface area contributed by atoms with Gasteiger partial charge in [0.05, 0.1) is 12.6 Å². The van der Waals surface area contributed by atoms with Crippen molar-refractivity contribution in [2.45, 2.75) is 12.6 Å². The molecule has 3 aromatic heterocycles. The standard InChI is InChI=1S/C16H19N5OS/c1-20-8-6-17-10-14(20)15-18-16(22-19-15)13-5-2-7-21(13)11-12-4-3-9-23-12/h2-5,7,9,14,17H,6,8,10-11H2,1H3. The fourth-order valence-corrected chi connectivity index (χ4v) is 3.59. The van der Waals surface area contributed by atoms with E-state index in [-0.39, 0.29) is 6.04 Å². The molecule has 1 atom stereocenters. The Hall–Kier alpha value is -1.96. The van der Waals surface area contributed by atoms with E-state index in [1.165, 1.54) is 4.88 Å². The fourth-order valence-electron chi connectivity index (χ4n) is 2.89. The summed E-state index contributed by atoms with van der Waals surface area (Å²) in [4.78, 5) is 8.20. The third-order valence-corrected chi connectivity index (χ3v) is 5.07. The second kappa shape index (κ2) is 6.27. The molecule has 23 heavy (non-hydrogen) atoms. The monoisotopic (exact) mass is 329 g/mol. The number of thiophene rings is 1. The summed E-state index contributed by atoms with van der Waals surface area (Å²) in [5.41, 5.74) is 0.962. The van der Waals surface area contributed by atoms with E-state index in [2.05, 4.69) is 49.5 Å². The Bertz CT molecular complexity index is 763. The van der Waals surface area contributed by atoms with Crippen LogP contribution in [-0.2, 0) is 6.54 Å². The van der Waals surface area contributed by atoms with Crippen molar-refractivity contribution in [3.63, 3.8) is 0 Å². The summed E-state index contributed by atoms with van der Waals surface area (Å²) in [6.45, 7) is 3.67. The molecule has 1 aliphatic rings. The number of piperazine rings is 1. The van der Waals surface area contributed by atoms with Crippen LogP contribution in [0.2, 0.25) is 0 Å². The lowest BCUT2D eigenvalue weighted by Crippen LogP contribution is -2.44. The minimum absolute atomic E-state index is 0.168. The Labute approximate surface area is 138 Å². The predicted octanol–water partition coefficient (Wildman–Crippen LogP) is 2.22. The second-order valence-corrected chi connectivity index (χ2v) is 6.79. The Morgan fingerprint density at radius 2 is 2.35 bits per heavy atom. The molecule has 0 saturated carbocycles. The van der Waals surface area contributed by atoms with Crippen LogP contribution in [-0.4, -0.2) is 46.3 Å². The SMILES string of the molecule is CN1CCNCC1c1noc(-c2cccn2Cc2cccs2)n1. The highest BCUT2D eigenvalue weighted by Gasteiger charge is 2.26. The smallest absolute Gasteiger partial charge is 0.274 e. The Kier molecular flexibility index (Phi) is 3.99. The van der Waals surface area contributed by atoms with Crippen molar-refractivity contribution in [2.24, 2.45) is 0 Å². The van der Waals surface area contributed by atoms with E-state index in [0.717, 1.165) is 37.7 Å². The van der Waals surface area contributed by atoms with Gasteiger partial charge >= 0.3 is 0 Å². The molecule has 0 aromatic carbocycles. The Balaban J connectivity index is 1.58. The summed E-state index contributed by atoms with van der Waals surface area (Å²) in [5.74, 6) is 1.33. The molecule has 1 fully saturated rings. The van der Waals surface area contributed by atoms with E-state index in [0.29, 0.717) is 5.89 Å². The number of aromatic nitrogens is 3. The first kappa shape index (κ1) is 14.6. The minimum Gasteiger partial charge on any atom is -0.338 e. The lowest BCUT2D eigenvalue weighted by atomic mass is 10.2. The van der Waals surface area contributed by atoms with Gasteiger partial charge in [0.15, 0.2) is 5.82 Å². The number of hydrogen-bond acceptors (Lipinski definition) is 6. The number of rotatable bonds is 4. The number of hydrogen-bond donors (Lipinski definition) is 1. The first-order valence-corrected chi connectivity index (χ1v) is 8.61. The summed E-state index contributed by atoms with van der Waals surface area (Å²) in [6.07, 6.45) is 2.05. The van der Waals surface area contributed by atoms with E-state index < -0.39 is 0 Å². The van der Waals surface area contributed by atoms with Gasteiger partial charge in [-0.25, -0.2) is 0 Å². The Morgan fingerprint density at radius 1 is 1.39 bits per heavy atom. The highest BCUT2D eigenvalue weighted by molar-refractivity contribution is 7.09. The van der Waals surface area contributed by atoms with E-state index in [1.54, 1.807) is 11.3 Å². The zero-order valence-corrected chi connectivity index (χ0v) is 13.8. The predicted molar refractivity (Wildman–Crippen MR) is 89.4 cm³/mol. The maximum atomic E-state index is 5.54. The maximum Gasteiger partial charge on any atom is 0.274 e. The molecule has 3 aromatic rings. The largest absolute Gasteiger partial charge is 0.338 e. The van der Waals surface area contributed by atoms with Crippen LogP contribution in [0.1, 0.15) is 16.7 Å². The molecule has 120 valence electrons. The molecule has 0 bridgehead atoms. The molecule has 1 saturated heterocycles. The lowest BCUT2D eigenvalue weighted by Gasteiger charge is -2.30. The zero-order valence-electron chi connectivity index (χ0n) is 13.0. The quantitative estimate of drug-likeness (QED) is 0.795. The molecule has 1 N–H and O–H groups in total. The van der Waals surface area contributed by atoms with Gasteiger partial charge in [-0.15, -0.1) is 11.3 Å². The highest BCUT2D eigenvalue weighted by atomic mass is 32.1. The van der Waals surface area contributed by atoms with Crippen LogP contribution in [0.3, 0.4) is 0 Å². The van der Waals surface area contributed by atoms with E-state index in [4.69, 9.17) is 4.52 Å². The molecule has 1 unspecified atom stereocenters. The third-order valence-electron chi connectivity index (χ3n) is 4.21. The van der Waals surface area contributed by atoms with Crippen molar-refractivity contribution in [2.75, 3.05) is 26.7 Å². The number of nitrogens with one attached hydrogen (secondary N) is 1. The summed E-state index contributed by atoms with van der Waals surface area (Å²) >= 11 is 1.75. The van der Waals surface area contributed by atoms with Gasteiger partial charge in [-0.05, 0) is 30.6 Å². The van der Waals surface area contributed by atoms with Crippen LogP contribution in [0.4, 0.5) is 0 Å².